The number of hydrogen-bond donors (Lipinski definition) is 0. The minimum Gasteiger partial charge on any atom is -0.287 e. The van der Waals surface area contributed by atoms with Crippen LogP contribution in [0, 0.1) is 0 Å². The summed E-state index contributed by atoms with van der Waals surface area (Å²) in [6, 6.07) is 19.0. The Hall–Kier alpha value is -1.60. The fraction of sp³-hybridized carbons (Fsp3) is 0.188. The highest BCUT2D eigenvalue weighted by atomic mass is 35.5. The van der Waals surface area contributed by atoms with Crippen LogP contribution in [0.15, 0.2) is 59.6 Å². The highest BCUT2D eigenvalue weighted by Crippen LogP contribution is 2.31. The van der Waals surface area contributed by atoms with Crippen LogP contribution in [0.3, 0.4) is 0 Å². The first kappa shape index (κ1) is 11.5. The van der Waals surface area contributed by atoms with Crippen LogP contribution in [-0.4, -0.2) is 18.1 Å². The Morgan fingerprint density at radius 2 is 1.72 bits per heavy atom. The van der Waals surface area contributed by atoms with E-state index in [1.165, 1.54) is 16.7 Å². The molecule has 3 rings (SSSR count). The van der Waals surface area contributed by atoms with Gasteiger partial charge in [0, 0.05) is 11.5 Å². The van der Waals surface area contributed by atoms with Crippen molar-refractivity contribution in [3.05, 3.63) is 71.3 Å². The first-order valence-electron chi connectivity index (χ1n) is 6.13. The zero-order valence-corrected chi connectivity index (χ0v) is 10.8. The van der Waals surface area contributed by atoms with Gasteiger partial charge in [-0.1, -0.05) is 54.6 Å². The molecular weight excluding hydrogens is 242 g/mol. The maximum absolute atomic E-state index is 5.97. The van der Waals surface area contributed by atoms with Gasteiger partial charge in [0.1, 0.15) is 0 Å². The Bertz CT molecular complexity index is 575. The molecule has 2 aromatic carbocycles. The van der Waals surface area contributed by atoms with Crippen molar-refractivity contribution in [3.8, 4) is 0 Å². The molecule has 0 saturated heterocycles. The number of halogens is 1. The molecule has 0 aliphatic carbocycles. The summed E-state index contributed by atoms with van der Waals surface area (Å²) in [7, 11) is 0. The van der Waals surface area contributed by atoms with Gasteiger partial charge in [0.15, 0.2) is 0 Å². The Kier molecular flexibility index (Phi) is 3.16. The topological polar surface area (TPSA) is 12.4 Å². The predicted molar refractivity (Wildman–Crippen MR) is 76.9 cm³/mol. The lowest BCUT2D eigenvalue weighted by Gasteiger charge is -2.24. The van der Waals surface area contributed by atoms with Crippen LogP contribution in [0.25, 0.3) is 0 Å². The van der Waals surface area contributed by atoms with Gasteiger partial charge in [-0.05, 0) is 11.1 Å². The number of rotatable bonds is 2. The van der Waals surface area contributed by atoms with Crippen LogP contribution in [0.4, 0.5) is 0 Å². The molecule has 2 aromatic rings. The van der Waals surface area contributed by atoms with E-state index in [1.54, 1.807) is 0 Å². The molecule has 2 heteroatoms. The minimum absolute atomic E-state index is 0.356. The molecule has 0 spiro atoms. The number of hydrogen-bond acceptors (Lipinski definition) is 1. The van der Waals surface area contributed by atoms with E-state index in [2.05, 4.69) is 47.5 Å². The molecule has 0 amide bonds. The highest BCUT2D eigenvalue weighted by Gasteiger charge is 2.22. The van der Waals surface area contributed by atoms with Gasteiger partial charge in [-0.15, -0.1) is 11.6 Å². The molecule has 0 saturated carbocycles. The Labute approximate surface area is 112 Å². The second kappa shape index (κ2) is 4.95. The lowest BCUT2D eigenvalue weighted by atomic mass is 9.85. The van der Waals surface area contributed by atoms with Gasteiger partial charge in [0.25, 0.3) is 0 Å². The van der Waals surface area contributed by atoms with Crippen molar-refractivity contribution in [1.29, 1.82) is 0 Å². The molecule has 0 fully saturated rings. The summed E-state index contributed by atoms with van der Waals surface area (Å²) in [5.41, 5.74) is 4.88. The molecule has 0 bridgehead atoms. The normalized spacial score (nSPS) is 18.1. The second-order valence-electron chi connectivity index (χ2n) is 4.47. The van der Waals surface area contributed by atoms with E-state index in [9.17, 15) is 0 Å². The maximum atomic E-state index is 5.97. The fourth-order valence-electron chi connectivity index (χ4n) is 2.53. The SMILES string of the molecule is ClCC1=NCC(c2ccccc2)c2ccccc21. The minimum atomic E-state index is 0.356. The molecule has 1 unspecified atom stereocenters. The third-order valence-electron chi connectivity index (χ3n) is 3.44. The first-order chi connectivity index (χ1) is 8.90. The quantitative estimate of drug-likeness (QED) is 0.723. The second-order valence-corrected chi connectivity index (χ2v) is 4.74. The molecule has 1 heterocycles. The Morgan fingerprint density at radius 3 is 2.50 bits per heavy atom. The van der Waals surface area contributed by atoms with E-state index in [-0.39, 0.29) is 0 Å². The summed E-state index contributed by atoms with van der Waals surface area (Å²) in [4.78, 5) is 4.63. The number of alkyl halides is 1. The summed E-state index contributed by atoms with van der Waals surface area (Å²) in [5, 5.41) is 0. The lowest BCUT2D eigenvalue weighted by Crippen LogP contribution is -2.19. The largest absolute Gasteiger partial charge is 0.287 e. The summed E-state index contributed by atoms with van der Waals surface area (Å²) in [6.45, 7) is 0.795. The van der Waals surface area contributed by atoms with E-state index >= 15 is 0 Å². The van der Waals surface area contributed by atoms with Crippen LogP contribution in [-0.2, 0) is 0 Å². The summed E-state index contributed by atoms with van der Waals surface area (Å²) in [5.74, 6) is 0.841. The van der Waals surface area contributed by atoms with Crippen molar-refractivity contribution in [1.82, 2.24) is 0 Å². The molecule has 0 N–H and O–H groups in total. The van der Waals surface area contributed by atoms with Crippen LogP contribution in [0.5, 0.6) is 0 Å². The molecule has 1 aliphatic heterocycles. The zero-order valence-electron chi connectivity index (χ0n) is 10.0. The van der Waals surface area contributed by atoms with Gasteiger partial charge in [-0.2, -0.15) is 0 Å². The van der Waals surface area contributed by atoms with Gasteiger partial charge in [-0.25, -0.2) is 0 Å². The summed E-state index contributed by atoms with van der Waals surface area (Å²) in [6.07, 6.45) is 0. The maximum Gasteiger partial charge on any atom is 0.0649 e. The molecule has 0 aromatic heterocycles. The predicted octanol–water partition coefficient (Wildman–Crippen LogP) is 3.86. The van der Waals surface area contributed by atoms with E-state index in [4.69, 9.17) is 11.6 Å². The molecular formula is C16H14ClN. The lowest BCUT2D eigenvalue weighted by molar-refractivity contribution is 0.803. The fourth-order valence-corrected chi connectivity index (χ4v) is 2.76. The first-order valence-corrected chi connectivity index (χ1v) is 6.67. The zero-order chi connectivity index (χ0) is 12.4. The third kappa shape index (κ3) is 1.95. The number of fused-ring (bicyclic) bond motifs is 1. The van der Waals surface area contributed by atoms with Crippen molar-refractivity contribution in [2.24, 2.45) is 4.99 Å². The molecule has 0 radical (unpaired) electrons. The van der Waals surface area contributed by atoms with Crippen molar-refractivity contribution in [2.75, 3.05) is 12.4 Å². The van der Waals surface area contributed by atoms with E-state index in [1.807, 2.05) is 12.1 Å². The Balaban J connectivity index is 2.09. The number of benzene rings is 2. The smallest absolute Gasteiger partial charge is 0.0649 e. The molecule has 1 aliphatic rings. The molecule has 18 heavy (non-hydrogen) atoms. The Morgan fingerprint density at radius 1 is 1.00 bits per heavy atom. The molecule has 1 nitrogen and oxygen atoms in total. The van der Waals surface area contributed by atoms with Crippen LogP contribution in [0.1, 0.15) is 22.6 Å². The average Bonchev–Trinajstić information content (AvgIpc) is 2.47. The molecule has 1 atom stereocenters. The van der Waals surface area contributed by atoms with Gasteiger partial charge >= 0.3 is 0 Å². The van der Waals surface area contributed by atoms with Gasteiger partial charge in [0.2, 0.25) is 0 Å². The molecule has 90 valence electrons. The van der Waals surface area contributed by atoms with Gasteiger partial charge in [0.05, 0.1) is 18.1 Å². The summed E-state index contributed by atoms with van der Waals surface area (Å²) >= 11 is 5.97. The van der Waals surface area contributed by atoms with E-state index in [0.29, 0.717) is 11.8 Å². The number of aliphatic imine (C=N–C) groups is 1. The van der Waals surface area contributed by atoms with Crippen LogP contribution >= 0.6 is 11.6 Å². The van der Waals surface area contributed by atoms with Crippen molar-refractivity contribution < 1.29 is 0 Å². The average molecular weight is 256 g/mol. The third-order valence-corrected chi connectivity index (χ3v) is 3.69. The van der Waals surface area contributed by atoms with Crippen molar-refractivity contribution >= 4 is 17.3 Å². The number of nitrogens with zero attached hydrogens (tertiary/aromatic N) is 1. The van der Waals surface area contributed by atoms with Crippen LogP contribution < -0.4 is 0 Å². The van der Waals surface area contributed by atoms with Gasteiger partial charge in [-0.3, -0.25) is 4.99 Å². The van der Waals surface area contributed by atoms with E-state index < -0.39 is 0 Å². The standard InChI is InChI=1S/C16H14ClN/c17-10-16-14-9-5-4-8-13(14)15(11-18-16)12-6-2-1-3-7-12/h1-9,15H,10-11H2. The monoisotopic (exact) mass is 255 g/mol. The van der Waals surface area contributed by atoms with Crippen molar-refractivity contribution in [2.45, 2.75) is 5.92 Å². The van der Waals surface area contributed by atoms with Crippen molar-refractivity contribution in [3.63, 3.8) is 0 Å². The highest BCUT2D eigenvalue weighted by molar-refractivity contribution is 6.32. The van der Waals surface area contributed by atoms with Crippen LogP contribution in [0.2, 0.25) is 0 Å². The van der Waals surface area contributed by atoms with Gasteiger partial charge < -0.3 is 0 Å². The summed E-state index contributed by atoms with van der Waals surface area (Å²) < 4.78 is 0. The van der Waals surface area contributed by atoms with E-state index in [0.717, 1.165) is 12.3 Å².